The molecule has 0 aromatic heterocycles. The zero-order valence-electron chi connectivity index (χ0n) is 10.9. The minimum Gasteiger partial charge on any atom is -0.480 e. The Kier molecular flexibility index (Phi) is 4.20. The zero-order valence-corrected chi connectivity index (χ0v) is 10.9. The van der Waals surface area contributed by atoms with Gasteiger partial charge in [-0.25, -0.2) is 4.79 Å². The standard InChI is InChI=1S/C14H15N3O3/c15-8-7-10-1-3-11(4-2-10)16-14(20)17(9-13(18)19)12-5-6-12/h1-4,12H,5-7,9H2,(H,16,20)(H,18,19). The number of hydrogen-bond acceptors (Lipinski definition) is 3. The fourth-order valence-electron chi connectivity index (χ4n) is 1.89. The maximum absolute atomic E-state index is 12.0. The fraction of sp³-hybridized carbons (Fsp3) is 0.357. The Morgan fingerprint density at radius 3 is 2.50 bits per heavy atom. The number of anilines is 1. The molecule has 6 nitrogen and oxygen atoms in total. The third-order valence-electron chi connectivity index (χ3n) is 3.04. The van der Waals surface area contributed by atoms with E-state index < -0.39 is 12.0 Å². The van der Waals surface area contributed by atoms with Crippen molar-refractivity contribution >= 4 is 17.7 Å². The number of carbonyl (C=O) groups excluding carboxylic acids is 1. The lowest BCUT2D eigenvalue weighted by Gasteiger charge is -2.20. The van der Waals surface area contributed by atoms with Gasteiger partial charge in [-0.05, 0) is 30.5 Å². The Labute approximate surface area is 116 Å². The summed E-state index contributed by atoms with van der Waals surface area (Å²) in [5, 5.41) is 20.1. The molecule has 20 heavy (non-hydrogen) atoms. The van der Waals surface area contributed by atoms with E-state index in [1.54, 1.807) is 24.3 Å². The van der Waals surface area contributed by atoms with Crippen LogP contribution in [0, 0.1) is 11.3 Å². The molecule has 2 rings (SSSR count). The van der Waals surface area contributed by atoms with Gasteiger partial charge in [0.25, 0.3) is 0 Å². The van der Waals surface area contributed by atoms with E-state index >= 15 is 0 Å². The van der Waals surface area contributed by atoms with Crippen LogP contribution in [0.25, 0.3) is 0 Å². The summed E-state index contributed by atoms with van der Waals surface area (Å²) in [6, 6.07) is 8.61. The first-order valence-electron chi connectivity index (χ1n) is 6.35. The molecule has 1 aromatic rings. The third kappa shape index (κ3) is 3.72. The lowest BCUT2D eigenvalue weighted by molar-refractivity contribution is -0.137. The van der Waals surface area contributed by atoms with Crippen LogP contribution in [0.1, 0.15) is 18.4 Å². The van der Waals surface area contributed by atoms with Crippen LogP contribution >= 0.6 is 0 Å². The molecule has 0 unspecified atom stereocenters. The smallest absolute Gasteiger partial charge is 0.323 e. The molecule has 0 atom stereocenters. The van der Waals surface area contributed by atoms with Crippen LogP contribution < -0.4 is 5.32 Å². The van der Waals surface area contributed by atoms with E-state index in [-0.39, 0.29) is 12.6 Å². The van der Waals surface area contributed by atoms with Crippen LogP contribution in [0.5, 0.6) is 0 Å². The highest BCUT2D eigenvalue weighted by Gasteiger charge is 2.33. The molecule has 0 bridgehead atoms. The number of nitrogens with zero attached hydrogens (tertiary/aromatic N) is 2. The molecule has 1 saturated carbocycles. The van der Waals surface area contributed by atoms with Crippen molar-refractivity contribution in [1.82, 2.24) is 4.90 Å². The van der Waals surface area contributed by atoms with Gasteiger partial charge in [0.1, 0.15) is 6.54 Å². The second-order valence-electron chi connectivity index (χ2n) is 4.71. The van der Waals surface area contributed by atoms with E-state index in [0.29, 0.717) is 12.1 Å². The summed E-state index contributed by atoms with van der Waals surface area (Å²) in [6.07, 6.45) is 2.02. The number of carbonyl (C=O) groups is 2. The van der Waals surface area contributed by atoms with Crippen LogP contribution in [0.4, 0.5) is 10.5 Å². The van der Waals surface area contributed by atoms with Gasteiger partial charge in [0.05, 0.1) is 12.5 Å². The average molecular weight is 273 g/mol. The number of carboxylic acid groups (broad SMARTS) is 1. The second-order valence-corrected chi connectivity index (χ2v) is 4.71. The van der Waals surface area contributed by atoms with Gasteiger partial charge in [0, 0.05) is 11.7 Å². The van der Waals surface area contributed by atoms with Gasteiger partial charge in [-0.15, -0.1) is 0 Å². The lowest BCUT2D eigenvalue weighted by atomic mass is 10.1. The Bertz CT molecular complexity index is 544. The van der Waals surface area contributed by atoms with E-state index in [9.17, 15) is 9.59 Å². The molecule has 0 spiro atoms. The van der Waals surface area contributed by atoms with Crippen molar-refractivity contribution in [3.8, 4) is 6.07 Å². The van der Waals surface area contributed by atoms with Crippen molar-refractivity contribution in [1.29, 1.82) is 5.26 Å². The van der Waals surface area contributed by atoms with Crippen molar-refractivity contribution in [2.45, 2.75) is 25.3 Å². The fourth-order valence-corrected chi connectivity index (χ4v) is 1.89. The van der Waals surface area contributed by atoms with Crippen molar-refractivity contribution in [3.63, 3.8) is 0 Å². The minimum atomic E-state index is -1.02. The Morgan fingerprint density at radius 1 is 1.35 bits per heavy atom. The normalized spacial score (nSPS) is 13.3. The highest BCUT2D eigenvalue weighted by atomic mass is 16.4. The van der Waals surface area contributed by atoms with Crippen LogP contribution in [-0.4, -0.2) is 34.6 Å². The van der Waals surface area contributed by atoms with Crippen LogP contribution in [-0.2, 0) is 11.2 Å². The first-order valence-corrected chi connectivity index (χ1v) is 6.35. The number of hydrogen-bond donors (Lipinski definition) is 2. The molecule has 1 aliphatic carbocycles. The summed E-state index contributed by atoms with van der Waals surface area (Å²) < 4.78 is 0. The summed E-state index contributed by atoms with van der Waals surface area (Å²) in [4.78, 5) is 24.1. The minimum absolute atomic E-state index is 0.0314. The summed E-state index contributed by atoms with van der Waals surface area (Å²) >= 11 is 0. The molecule has 104 valence electrons. The van der Waals surface area contributed by atoms with Crippen LogP contribution in [0.2, 0.25) is 0 Å². The van der Waals surface area contributed by atoms with Crippen LogP contribution in [0.3, 0.4) is 0 Å². The van der Waals surface area contributed by atoms with Gasteiger partial charge < -0.3 is 15.3 Å². The molecule has 6 heteroatoms. The van der Waals surface area contributed by atoms with Gasteiger partial charge >= 0.3 is 12.0 Å². The molecule has 0 radical (unpaired) electrons. The Hall–Kier alpha value is -2.55. The molecule has 0 heterocycles. The maximum Gasteiger partial charge on any atom is 0.323 e. The van der Waals surface area contributed by atoms with Crippen molar-refractivity contribution in [3.05, 3.63) is 29.8 Å². The van der Waals surface area contributed by atoms with Crippen molar-refractivity contribution in [2.24, 2.45) is 0 Å². The molecule has 1 fully saturated rings. The predicted molar refractivity (Wildman–Crippen MR) is 72.1 cm³/mol. The van der Waals surface area contributed by atoms with E-state index in [1.165, 1.54) is 4.90 Å². The predicted octanol–water partition coefficient (Wildman–Crippen LogP) is 1.83. The molecule has 0 aliphatic heterocycles. The lowest BCUT2D eigenvalue weighted by Crippen LogP contribution is -2.40. The van der Waals surface area contributed by atoms with Gasteiger partial charge in [-0.3, -0.25) is 4.79 Å². The van der Waals surface area contributed by atoms with Crippen molar-refractivity contribution in [2.75, 3.05) is 11.9 Å². The highest BCUT2D eigenvalue weighted by Crippen LogP contribution is 2.27. The van der Waals surface area contributed by atoms with Crippen LogP contribution in [0.15, 0.2) is 24.3 Å². The molecule has 2 amide bonds. The molecular weight excluding hydrogens is 258 g/mol. The number of nitrogens with one attached hydrogen (secondary N) is 1. The molecular formula is C14H15N3O3. The number of aliphatic carboxylic acids is 1. The summed E-state index contributed by atoms with van der Waals surface area (Å²) in [6.45, 7) is -0.289. The molecule has 1 aromatic carbocycles. The maximum atomic E-state index is 12.0. The van der Waals surface area contributed by atoms with Gasteiger partial charge in [0.2, 0.25) is 0 Å². The SMILES string of the molecule is N#CCc1ccc(NC(=O)N(CC(=O)O)C2CC2)cc1. The van der Waals surface area contributed by atoms with E-state index in [0.717, 1.165) is 18.4 Å². The van der Waals surface area contributed by atoms with Gasteiger partial charge in [-0.1, -0.05) is 12.1 Å². The number of nitriles is 1. The third-order valence-corrected chi connectivity index (χ3v) is 3.04. The van der Waals surface area contributed by atoms with E-state index in [2.05, 4.69) is 5.32 Å². The highest BCUT2D eigenvalue weighted by molar-refractivity contribution is 5.91. The van der Waals surface area contributed by atoms with Gasteiger partial charge in [-0.2, -0.15) is 5.26 Å². The summed E-state index contributed by atoms with van der Waals surface area (Å²) in [7, 11) is 0. The van der Waals surface area contributed by atoms with Crippen molar-refractivity contribution < 1.29 is 14.7 Å². The number of amides is 2. The zero-order chi connectivity index (χ0) is 14.5. The molecule has 2 N–H and O–H groups in total. The summed E-state index contributed by atoms with van der Waals surface area (Å²) in [5.41, 5.74) is 1.46. The topological polar surface area (TPSA) is 93.4 Å². The largest absolute Gasteiger partial charge is 0.480 e. The molecule has 1 aliphatic rings. The number of rotatable bonds is 5. The van der Waals surface area contributed by atoms with Gasteiger partial charge in [0.15, 0.2) is 0 Å². The average Bonchev–Trinajstić information content (AvgIpc) is 3.22. The monoisotopic (exact) mass is 273 g/mol. The van der Waals surface area contributed by atoms with E-state index in [4.69, 9.17) is 10.4 Å². The summed E-state index contributed by atoms with van der Waals surface area (Å²) in [5.74, 6) is -1.02. The Morgan fingerprint density at radius 2 is 2.00 bits per heavy atom. The quantitative estimate of drug-likeness (QED) is 0.855. The number of carboxylic acids is 1. The first-order chi connectivity index (χ1) is 9.60. The molecule has 0 saturated heterocycles. The second kappa shape index (κ2) is 6.06. The first kappa shape index (κ1) is 13.9. The van der Waals surface area contributed by atoms with E-state index in [1.807, 2.05) is 6.07 Å². The Balaban J connectivity index is 1.98. The number of benzene rings is 1. The number of urea groups is 1.